The van der Waals surface area contributed by atoms with Gasteiger partial charge in [0.2, 0.25) is 11.1 Å². The minimum atomic E-state index is -0.0197. The summed E-state index contributed by atoms with van der Waals surface area (Å²) in [5.41, 5.74) is 3.71. The number of hydrogen-bond acceptors (Lipinski definition) is 2. The Hall–Kier alpha value is -3.59. The predicted molar refractivity (Wildman–Crippen MR) is 105 cm³/mol. The minimum absolute atomic E-state index is 0.0197. The van der Waals surface area contributed by atoms with E-state index >= 15 is 0 Å². The molecule has 2 aromatic heterocycles. The van der Waals surface area contributed by atoms with Gasteiger partial charge in [-0.2, -0.15) is 0 Å². The zero-order chi connectivity index (χ0) is 17.5. The topological polar surface area (TPSA) is 46.0 Å². The van der Waals surface area contributed by atoms with E-state index < -0.39 is 0 Å². The van der Waals surface area contributed by atoms with Crippen LogP contribution in [0.4, 0.5) is 0 Å². The van der Waals surface area contributed by atoms with E-state index in [2.05, 4.69) is 4.98 Å². The summed E-state index contributed by atoms with van der Waals surface area (Å²) < 4.78 is 6.24. The maximum atomic E-state index is 13.5. The number of H-pyrrole nitrogens is 1. The van der Waals surface area contributed by atoms with Crippen molar-refractivity contribution in [2.45, 2.75) is 0 Å². The zero-order valence-electron chi connectivity index (χ0n) is 13.9. The van der Waals surface area contributed by atoms with Crippen molar-refractivity contribution in [1.29, 1.82) is 0 Å². The molecule has 0 radical (unpaired) electrons. The lowest BCUT2D eigenvalue weighted by Gasteiger charge is -2.09. The summed E-state index contributed by atoms with van der Waals surface area (Å²) in [4.78, 5) is 16.8. The fourth-order valence-corrected chi connectivity index (χ4v) is 3.46. The van der Waals surface area contributed by atoms with Crippen molar-refractivity contribution in [1.82, 2.24) is 4.98 Å². The van der Waals surface area contributed by atoms with Gasteiger partial charge in [-0.25, -0.2) is 0 Å². The van der Waals surface area contributed by atoms with E-state index in [0.29, 0.717) is 22.4 Å². The van der Waals surface area contributed by atoms with E-state index in [1.54, 1.807) is 0 Å². The second-order valence-corrected chi connectivity index (χ2v) is 6.24. The smallest absolute Gasteiger partial charge is 0.209 e. The maximum Gasteiger partial charge on any atom is 0.209 e. The van der Waals surface area contributed by atoms with Crippen LogP contribution in [0.5, 0.6) is 0 Å². The third kappa shape index (κ3) is 2.18. The van der Waals surface area contributed by atoms with Gasteiger partial charge in [0.25, 0.3) is 0 Å². The molecule has 0 spiro atoms. The number of para-hydroxylation sites is 1. The molecule has 0 aliphatic heterocycles. The molecule has 0 fully saturated rings. The SMILES string of the molecule is O=c1c(-c2ccccc2)c(-c2ccccc2)oc2[nH]c3ccccc3c12. The van der Waals surface area contributed by atoms with E-state index in [0.717, 1.165) is 22.0 Å². The van der Waals surface area contributed by atoms with Crippen LogP contribution in [-0.4, -0.2) is 4.98 Å². The normalized spacial score (nSPS) is 11.2. The number of hydrogen-bond donors (Lipinski definition) is 1. The highest BCUT2D eigenvalue weighted by atomic mass is 16.3. The molecule has 3 nitrogen and oxygen atoms in total. The number of aromatic nitrogens is 1. The summed E-state index contributed by atoms with van der Waals surface area (Å²) in [7, 11) is 0. The Kier molecular flexibility index (Phi) is 3.25. The van der Waals surface area contributed by atoms with Crippen LogP contribution in [0.25, 0.3) is 44.5 Å². The molecule has 0 bridgehead atoms. The highest BCUT2D eigenvalue weighted by molar-refractivity contribution is 6.07. The molecule has 2 heterocycles. The Bertz CT molecular complexity index is 1280. The van der Waals surface area contributed by atoms with Crippen LogP contribution < -0.4 is 5.43 Å². The summed E-state index contributed by atoms with van der Waals surface area (Å²) in [6.07, 6.45) is 0. The molecule has 5 rings (SSSR count). The van der Waals surface area contributed by atoms with Crippen molar-refractivity contribution in [3.8, 4) is 22.5 Å². The van der Waals surface area contributed by atoms with Gasteiger partial charge in [0.05, 0.1) is 10.9 Å². The van der Waals surface area contributed by atoms with Crippen LogP contribution in [0.2, 0.25) is 0 Å². The van der Waals surface area contributed by atoms with Gasteiger partial charge in [0.1, 0.15) is 5.76 Å². The van der Waals surface area contributed by atoms with Gasteiger partial charge in [-0.05, 0) is 11.6 Å². The second kappa shape index (κ2) is 5.74. The molecular weight excluding hydrogens is 322 g/mol. The highest BCUT2D eigenvalue weighted by Crippen LogP contribution is 2.34. The summed E-state index contributed by atoms with van der Waals surface area (Å²) in [5, 5.41) is 1.48. The van der Waals surface area contributed by atoms with Gasteiger partial charge in [-0.1, -0.05) is 78.9 Å². The van der Waals surface area contributed by atoms with E-state index in [9.17, 15) is 4.79 Å². The third-order valence-electron chi connectivity index (χ3n) is 4.66. The summed E-state index contributed by atoms with van der Waals surface area (Å²) in [5.74, 6) is 0.584. The monoisotopic (exact) mass is 337 g/mol. The second-order valence-electron chi connectivity index (χ2n) is 6.24. The number of fused-ring (bicyclic) bond motifs is 3. The fourth-order valence-electron chi connectivity index (χ4n) is 3.46. The van der Waals surface area contributed by atoms with Crippen molar-refractivity contribution >= 4 is 22.0 Å². The van der Waals surface area contributed by atoms with Crippen molar-refractivity contribution < 1.29 is 4.42 Å². The number of aromatic amines is 1. The van der Waals surface area contributed by atoms with Gasteiger partial charge in [0.15, 0.2) is 0 Å². The first-order valence-electron chi connectivity index (χ1n) is 8.51. The molecule has 3 aromatic carbocycles. The van der Waals surface area contributed by atoms with Crippen molar-refractivity contribution in [3.05, 3.63) is 95.2 Å². The van der Waals surface area contributed by atoms with Crippen molar-refractivity contribution in [3.63, 3.8) is 0 Å². The Morgan fingerprint density at radius 1 is 0.692 bits per heavy atom. The lowest BCUT2D eigenvalue weighted by molar-refractivity contribution is 0.610. The Morgan fingerprint density at radius 3 is 2.04 bits per heavy atom. The molecule has 0 aliphatic rings. The average molecular weight is 337 g/mol. The van der Waals surface area contributed by atoms with Crippen molar-refractivity contribution in [2.75, 3.05) is 0 Å². The highest BCUT2D eigenvalue weighted by Gasteiger charge is 2.20. The zero-order valence-corrected chi connectivity index (χ0v) is 13.9. The summed E-state index contributed by atoms with van der Waals surface area (Å²) in [6, 6.07) is 27.2. The van der Waals surface area contributed by atoms with Gasteiger partial charge in [-0.3, -0.25) is 4.79 Å². The molecule has 0 saturated carbocycles. The molecule has 0 atom stereocenters. The van der Waals surface area contributed by atoms with Gasteiger partial charge >= 0.3 is 0 Å². The molecule has 0 saturated heterocycles. The molecule has 5 aromatic rings. The van der Waals surface area contributed by atoms with Gasteiger partial charge in [-0.15, -0.1) is 0 Å². The van der Waals surface area contributed by atoms with Crippen molar-refractivity contribution in [2.24, 2.45) is 0 Å². The molecule has 124 valence electrons. The number of nitrogens with one attached hydrogen (secondary N) is 1. The fraction of sp³-hybridized carbons (Fsp3) is 0. The molecular formula is C23H15NO2. The van der Waals surface area contributed by atoms with Crippen LogP contribution in [0.15, 0.2) is 94.1 Å². The van der Waals surface area contributed by atoms with E-state index in [1.807, 2.05) is 84.9 Å². The molecule has 26 heavy (non-hydrogen) atoms. The molecule has 0 unspecified atom stereocenters. The van der Waals surface area contributed by atoms with Crippen LogP contribution in [0.1, 0.15) is 0 Å². The first-order valence-corrected chi connectivity index (χ1v) is 8.51. The summed E-state index contributed by atoms with van der Waals surface area (Å²) >= 11 is 0. The lowest BCUT2D eigenvalue weighted by Crippen LogP contribution is -2.06. The molecule has 3 heteroatoms. The van der Waals surface area contributed by atoms with Crippen LogP contribution >= 0.6 is 0 Å². The van der Waals surface area contributed by atoms with Crippen LogP contribution in [0.3, 0.4) is 0 Å². The van der Waals surface area contributed by atoms with E-state index in [1.165, 1.54) is 0 Å². The first-order chi connectivity index (χ1) is 12.8. The minimum Gasteiger partial charge on any atom is -0.439 e. The number of rotatable bonds is 2. The predicted octanol–water partition coefficient (Wildman–Crippen LogP) is 5.61. The van der Waals surface area contributed by atoms with Gasteiger partial charge in [0, 0.05) is 16.5 Å². The largest absolute Gasteiger partial charge is 0.439 e. The molecule has 0 amide bonds. The van der Waals surface area contributed by atoms with Crippen LogP contribution in [0, 0.1) is 0 Å². The average Bonchev–Trinajstić information content (AvgIpc) is 3.08. The Morgan fingerprint density at radius 2 is 1.31 bits per heavy atom. The standard InChI is InChI=1S/C23H15NO2/c25-21-19(15-9-3-1-4-10-15)22(16-11-5-2-6-12-16)26-23-20(21)17-13-7-8-14-18(17)24-23/h1-14,24H. The lowest BCUT2D eigenvalue weighted by atomic mass is 9.98. The molecule has 0 aliphatic carbocycles. The summed E-state index contributed by atoms with van der Waals surface area (Å²) in [6.45, 7) is 0. The Balaban J connectivity index is 1.97. The van der Waals surface area contributed by atoms with Crippen LogP contribution in [-0.2, 0) is 0 Å². The third-order valence-corrected chi connectivity index (χ3v) is 4.66. The maximum absolute atomic E-state index is 13.5. The Labute approximate surface area is 149 Å². The quantitative estimate of drug-likeness (QED) is 0.455. The first kappa shape index (κ1) is 14.7. The molecule has 1 N–H and O–H groups in total. The van der Waals surface area contributed by atoms with E-state index in [-0.39, 0.29) is 5.43 Å². The number of benzene rings is 3. The van der Waals surface area contributed by atoms with Gasteiger partial charge < -0.3 is 9.40 Å². The van der Waals surface area contributed by atoms with E-state index in [4.69, 9.17) is 4.42 Å².